The largest absolute Gasteiger partial charge is 0.378 e. The first-order chi connectivity index (χ1) is 9.95. The third kappa shape index (κ3) is 3.98. The minimum absolute atomic E-state index is 0.222. The number of urea groups is 1. The second-order valence-corrected chi connectivity index (χ2v) is 5.17. The maximum absolute atomic E-state index is 12.0. The number of carbonyl (C=O) groups is 1. The predicted molar refractivity (Wildman–Crippen MR) is 82.5 cm³/mol. The van der Waals surface area contributed by atoms with Crippen LogP contribution in [0.3, 0.4) is 0 Å². The first kappa shape index (κ1) is 14.9. The van der Waals surface area contributed by atoms with Crippen LogP contribution in [0.2, 0.25) is 0 Å². The Morgan fingerprint density at radius 3 is 2.43 bits per heavy atom. The highest BCUT2D eigenvalue weighted by atomic mass is 16.5. The highest BCUT2D eigenvalue weighted by Crippen LogP contribution is 2.14. The van der Waals surface area contributed by atoms with Crippen molar-refractivity contribution >= 4 is 17.5 Å². The molecule has 21 heavy (non-hydrogen) atoms. The average molecular weight is 288 g/mol. The second kappa shape index (κ2) is 6.30. The van der Waals surface area contributed by atoms with Crippen molar-refractivity contribution in [1.29, 1.82) is 0 Å². The van der Waals surface area contributed by atoms with E-state index in [9.17, 15) is 4.79 Å². The minimum atomic E-state index is -0.222. The van der Waals surface area contributed by atoms with Crippen molar-refractivity contribution in [3.8, 4) is 0 Å². The van der Waals surface area contributed by atoms with Crippen LogP contribution in [0.5, 0.6) is 0 Å². The molecule has 2 aromatic rings. The van der Waals surface area contributed by atoms with Gasteiger partial charge >= 0.3 is 6.03 Å². The molecule has 0 atom stereocenters. The van der Waals surface area contributed by atoms with Crippen molar-refractivity contribution in [2.24, 2.45) is 0 Å². The van der Waals surface area contributed by atoms with E-state index in [1.54, 1.807) is 24.9 Å². The molecule has 1 heterocycles. The summed E-state index contributed by atoms with van der Waals surface area (Å²) < 4.78 is 4.91. The molecule has 112 valence electrons. The number of amides is 2. The number of anilines is 2. The van der Waals surface area contributed by atoms with E-state index < -0.39 is 0 Å². The van der Waals surface area contributed by atoms with Gasteiger partial charge in [0.1, 0.15) is 5.76 Å². The molecule has 0 saturated carbocycles. The van der Waals surface area contributed by atoms with E-state index >= 15 is 0 Å². The molecular formula is C15H20N4O2. The molecule has 0 unspecified atom stereocenters. The quantitative estimate of drug-likeness (QED) is 0.939. The van der Waals surface area contributed by atoms with Gasteiger partial charge in [0.15, 0.2) is 5.82 Å². The number of aryl methyl sites for hydroxylation is 1. The number of benzene rings is 1. The van der Waals surface area contributed by atoms with Crippen molar-refractivity contribution in [3.63, 3.8) is 0 Å². The predicted octanol–water partition coefficient (Wildman–Crippen LogP) is 2.71. The van der Waals surface area contributed by atoms with Gasteiger partial charge in [-0.05, 0) is 24.6 Å². The summed E-state index contributed by atoms with van der Waals surface area (Å²) in [6.07, 6.45) is 0. The van der Waals surface area contributed by atoms with Crippen molar-refractivity contribution in [2.45, 2.75) is 13.5 Å². The van der Waals surface area contributed by atoms with Crippen LogP contribution in [-0.2, 0) is 6.54 Å². The Bertz CT molecular complexity index is 604. The zero-order valence-electron chi connectivity index (χ0n) is 12.8. The Balaban J connectivity index is 1.93. The molecule has 0 radical (unpaired) electrons. The number of hydrogen-bond donors (Lipinski definition) is 1. The van der Waals surface area contributed by atoms with E-state index in [4.69, 9.17) is 4.52 Å². The van der Waals surface area contributed by atoms with Gasteiger partial charge in [-0.15, -0.1) is 0 Å². The molecule has 2 rings (SSSR count). The summed E-state index contributed by atoms with van der Waals surface area (Å²) >= 11 is 0. The smallest absolute Gasteiger partial charge is 0.323 e. The Morgan fingerprint density at radius 2 is 1.90 bits per heavy atom. The standard InChI is InChI=1S/C15H20N4O2/c1-11-9-14(17-21-11)16-15(20)19(4)10-12-5-7-13(8-6-12)18(2)3/h5-9H,10H2,1-4H3,(H,16,17,20). The Morgan fingerprint density at radius 1 is 1.24 bits per heavy atom. The van der Waals surface area contributed by atoms with Gasteiger partial charge in [0.25, 0.3) is 0 Å². The van der Waals surface area contributed by atoms with E-state index in [2.05, 4.69) is 10.5 Å². The summed E-state index contributed by atoms with van der Waals surface area (Å²) in [6, 6.07) is 9.54. The number of nitrogens with one attached hydrogen (secondary N) is 1. The lowest BCUT2D eigenvalue weighted by atomic mass is 10.2. The number of hydrogen-bond acceptors (Lipinski definition) is 4. The second-order valence-electron chi connectivity index (χ2n) is 5.17. The fraction of sp³-hybridized carbons (Fsp3) is 0.333. The molecule has 6 nitrogen and oxygen atoms in total. The Kier molecular flexibility index (Phi) is 4.47. The summed E-state index contributed by atoms with van der Waals surface area (Å²) in [6.45, 7) is 2.30. The third-order valence-electron chi connectivity index (χ3n) is 3.08. The molecule has 1 N–H and O–H groups in total. The molecule has 0 aliphatic carbocycles. The average Bonchev–Trinajstić information content (AvgIpc) is 2.84. The number of rotatable bonds is 4. The SMILES string of the molecule is Cc1cc(NC(=O)N(C)Cc2ccc(N(C)C)cc2)no1. The highest BCUT2D eigenvalue weighted by molar-refractivity contribution is 5.88. The van der Waals surface area contributed by atoms with E-state index in [-0.39, 0.29) is 6.03 Å². The lowest BCUT2D eigenvalue weighted by molar-refractivity contribution is 0.220. The van der Waals surface area contributed by atoms with E-state index in [0.29, 0.717) is 18.1 Å². The molecular weight excluding hydrogens is 268 g/mol. The van der Waals surface area contributed by atoms with Crippen LogP contribution in [0, 0.1) is 6.92 Å². The van der Waals surface area contributed by atoms with E-state index in [0.717, 1.165) is 11.3 Å². The highest BCUT2D eigenvalue weighted by Gasteiger charge is 2.11. The van der Waals surface area contributed by atoms with Crippen LogP contribution in [-0.4, -0.2) is 37.2 Å². The first-order valence-corrected chi connectivity index (χ1v) is 6.67. The van der Waals surface area contributed by atoms with Gasteiger partial charge in [0.2, 0.25) is 0 Å². The van der Waals surface area contributed by atoms with Crippen LogP contribution < -0.4 is 10.2 Å². The summed E-state index contributed by atoms with van der Waals surface area (Å²) in [4.78, 5) is 15.7. The van der Waals surface area contributed by atoms with Gasteiger partial charge < -0.3 is 14.3 Å². The topological polar surface area (TPSA) is 61.6 Å². The maximum Gasteiger partial charge on any atom is 0.323 e. The van der Waals surface area contributed by atoms with Crippen LogP contribution in [0.15, 0.2) is 34.9 Å². The number of carbonyl (C=O) groups excluding carboxylic acids is 1. The zero-order chi connectivity index (χ0) is 15.4. The van der Waals surface area contributed by atoms with Crippen LogP contribution in [0.4, 0.5) is 16.3 Å². The molecule has 0 bridgehead atoms. The maximum atomic E-state index is 12.0. The summed E-state index contributed by atoms with van der Waals surface area (Å²) in [5.74, 6) is 1.08. The lowest BCUT2D eigenvalue weighted by Gasteiger charge is -2.18. The molecule has 0 aliphatic rings. The van der Waals surface area contributed by atoms with Gasteiger partial charge in [-0.1, -0.05) is 17.3 Å². The van der Waals surface area contributed by atoms with Crippen LogP contribution in [0.1, 0.15) is 11.3 Å². The fourth-order valence-electron chi connectivity index (χ4n) is 1.88. The van der Waals surface area contributed by atoms with Crippen LogP contribution in [0.25, 0.3) is 0 Å². The molecule has 0 aliphatic heterocycles. The molecule has 0 spiro atoms. The van der Waals surface area contributed by atoms with Crippen molar-refractivity contribution in [2.75, 3.05) is 31.4 Å². The van der Waals surface area contributed by atoms with Crippen molar-refractivity contribution < 1.29 is 9.32 Å². The van der Waals surface area contributed by atoms with Gasteiger partial charge in [0, 0.05) is 39.4 Å². The molecule has 2 amide bonds. The molecule has 6 heteroatoms. The zero-order valence-corrected chi connectivity index (χ0v) is 12.8. The summed E-state index contributed by atoms with van der Waals surface area (Å²) in [7, 11) is 5.73. The molecule has 1 aromatic heterocycles. The number of nitrogens with zero attached hydrogens (tertiary/aromatic N) is 3. The molecule has 1 aromatic carbocycles. The summed E-state index contributed by atoms with van der Waals surface area (Å²) in [5, 5.41) is 6.42. The van der Waals surface area contributed by atoms with Gasteiger partial charge in [0.05, 0.1) is 0 Å². The lowest BCUT2D eigenvalue weighted by Crippen LogP contribution is -2.30. The van der Waals surface area contributed by atoms with E-state index in [1.165, 1.54) is 0 Å². The Labute approximate surface area is 124 Å². The van der Waals surface area contributed by atoms with Gasteiger partial charge in [-0.25, -0.2) is 4.79 Å². The third-order valence-corrected chi connectivity index (χ3v) is 3.08. The van der Waals surface area contributed by atoms with Crippen molar-refractivity contribution in [3.05, 3.63) is 41.7 Å². The monoisotopic (exact) mass is 288 g/mol. The van der Waals surface area contributed by atoms with Gasteiger partial charge in [-0.3, -0.25) is 5.32 Å². The minimum Gasteiger partial charge on any atom is -0.378 e. The van der Waals surface area contributed by atoms with Gasteiger partial charge in [-0.2, -0.15) is 0 Å². The van der Waals surface area contributed by atoms with Crippen LogP contribution >= 0.6 is 0 Å². The molecule has 0 saturated heterocycles. The van der Waals surface area contributed by atoms with Crippen molar-refractivity contribution in [1.82, 2.24) is 10.1 Å². The normalized spacial score (nSPS) is 10.3. The summed E-state index contributed by atoms with van der Waals surface area (Å²) in [5.41, 5.74) is 2.19. The fourth-order valence-corrected chi connectivity index (χ4v) is 1.88. The first-order valence-electron chi connectivity index (χ1n) is 6.67. The Hall–Kier alpha value is -2.50. The molecule has 0 fully saturated rings. The van der Waals surface area contributed by atoms with E-state index in [1.807, 2.05) is 43.3 Å². The number of aromatic nitrogens is 1.